The molecule has 2 rings (SSSR count). The zero-order chi connectivity index (χ0) is 21.5. The van der Waals surface area contributed by atoms with Crippen LogP contribution in [0.4, 0.5) is 24.5 Å². The third kappa shape index (κ3) is 6.63. The Labute approximate surface area is 163 Å². The number of carboxylic acid groups (broad SMARTS) is 1. The molecule has 0 saturated heterocycles. The molecule has 0 aromatic heterocycles. The number of nitrogens with two attached hydrogens (primary N) is 1. The Hall–Kier alpha value is -2.98. The maximum Gasteiger partial charge on any atom is 0.416 e. The van der Waals surface area contributed by atoms with E-state index in [9.17, 15) is 22.8 Å². The number of amides is 1. The summed E-state index contributed by atoms with van der Waals surface area (Å²) in [6, 6.07) is 7.07. The fourth-order valence-electron chi connectivity index (χ4n) is 1.93. The second kappa shape index (κ2) is 9.81. The number of nitrogens with one attached hydrogen (secondary N) is 2. The van der Waals surface area contributed by atoms with Crippen LogP contribution in [0.25, 0.3) is 0 Å². The molecule has 0 saturated carbocycles. The lowest BCUT2D eigenvalue weighted by molar-refractivity contribution is -0.137. The lowest BCUT2D eigenvalue weighted by Gasteiger charge is -2.10. The normalized spacial score (nSPS) is 10.4. The van der Waals surface area contributed by atoms with Crippen molar-refractivity contribution in [1.82, 2.24) is 0 Å². The zero-order valence-electron chi connectivity index (χ0n) is 14.7. The Bertz CT molecular complexity index is 843. The fourth-order valence-corrected chi connectivity index (χ4v) is 2.14. The summed E-state index contributed by atoms with van der Waals surface area (Å²) >= 11 is 5.81. The number of aromatic carboxylic acids is 1. The summed E-state index contributed by atoms with van der Waals surface area (Å²) in [6.07, 6.45) is -4.28. The molecular weight excluding hydrogens is 403 g/mol. The molecule has 7 nitrogen and oxygen atoms in total. The van der Waals surface area contributed by atoms with Gasteiger partial charge < -0.3 is 20.6 Å². The van der Waals surface area contributed by atoms with Crippen molar-refractivity contribution in [2.24, 2.45) is 5.84 Å². The minimum Gasteiger partial charge on any atom is -0.496 e. The molecule has 0 unspecified atom stereocenters. The SMILES string of the molecule is COc1cc(NC(C)=O)c(Cl)cc1C(=O)O.NNc1ccc(C(F)(F)F)cc1. The number of halogens is 4. The molecule has 152 valence electrons. The summed E-state index contributed by atoms with van der Waals surface area (Å²) in [5.74, 6) is 3.67. The quantitative estimate of drug-likeness (QED) is 0.440. The Morgan fingerprint density at radius 2 is 1.75 bits per heavy atom. The zero-order valence-corrected chi connectivity index (χ0v) is 15.5. The topological polar surface area (TPSA) is 114 Å². The fraction of sp³-hybridized carbons (Fsp3) is 0.176. The lowest BCUT2D eigenvalue weighted by Crippen LogP contribution is -2.08. The van der Waals surface area contributed by atoms with E-state index in [4.69, 9.17) is 27.3 Å². The predicted molar refractivity (Wildman–Crippen MR) is 98.5 cm³/mol. The van der Waals surface area contributed by atoms with E-state index in [0.717, 1.165) is 12.1 Å². The number of carbonyl (C=O) groups is 2. The summed E-state index contributed by atoms with van der Waals surface area (Å²) in [7, 11) is 1.34. The van der Waals surface area contributed by atoms with E-state index in [2.05, 4.69) is 10.7 Å². The average molecular weight is 420 g/mol. The van der Waals surface area contributed by atoms with Crippen molar-refractivity contribution >= 4 is 34.9 Å². The van der Waals surface area contributed by atoms with Gasteiger partial charge >= 0.3 is 12.1 Å². The Morgan fingerprint density at radius 3 is 2.14 bits per heavy atom. The highest BCUT2D eigenvalue weighted by atomic mass is 35.5. The maximum atomic E-state index is 12.0. The lowest BCUT2D eigenvalue weighted by atomic mass is 10.2. The second-order valence-corrected chi connectivity index (χ2v) is 5.65. The van der Waals surface area contributed by atoms with Crippen molar-refractivity contribution in [1.29, 1.82) is 0 Å². The van der Waals surface area contributed by atoms with Gasteiger partial charge in [0, 0.05) is 18.7 Å². The van der Waals surface area contributed by atoms with Crippen LogP contribution in [0.15, 0.2) is 36.4 Å². The molecule has 1 amide bonds. The van der Waals surface area contributed by atoms with Gasteiger partial charge in [0.15, 0.2) is 0 Å². The Kier molecular flexibility index (Phi) is 8.08. The van der Waals surface area contributed by atoms with Crippen molar-refractivity contribution < 1.29 is 32.6 Å². The maximum absolute atomic E-state index is 12.0. The highest BCUT2D eigenvalue weighted by molar-refractivity contribution is 6.34. The number of benzene rings is 2. The van der Waals surface area contributed by atoms with Crippen LogP contribution in [-0.2, 0) is 11.0 Å². The van der Waals surface area contributed by atoms with Crippen LogP contribution >= 0.6 is 11.6 Å². The van der Waals surface area contributed by atoms with Crippen LogP contribution < -0.4 is 21.3 Å². The van der Waals surface area contributed by atoms with E-state index in [-0.39, 0.29) is 22.2 Å². The standard InChI is InChI=1S/C10H10ClNO4.C7H7F3N2/c1-5(13)12-8-4-9(16-2)6(10(14)15)3-7(8)11;8-7(9,10)5-1-3-6(12-11)4-2-5/h3-4H,1-2H3,(H,12,13)(H,14,15);1-4,12H,11H2. The van der Waals surface area contributed by atoms with Gasteiger partial charge in [-0.1, -0.05) is 11.6 Å². The molecule has 0 atom stereocenters. The molecule has 0 fully saturated rings. The van der Waals surface area contributed by atoms with Gasteiger partial charge in [0.05, 0.1) is 23.4 Å². The van der Waals surface area contributed by atoms with E-state index >= 15 is 0 Å². The van der Waals surface area contributed by atoms with Crippen LogP contribution in [-0.4, -0.2) is 24.1 Å². The molecule has 28 heavy (non-hydrogen) atoms. The van der Waals surface area contributed by atoms with Crippen LogP contribution in [0.5, 0.6) is 5.75 Å². The summed E-state index contributed by atoms with van der Waals surface area (Å²) < 4.78 is 40.8. The summed E-state index contributed by atoms with van der Waals surface area (Å²) in [4.78, 5) is 21.7. The van der Waals surface area contributed by atoms with Gasteiger partial charge in [-0.3, -0.25) is 10.6 Å². The minimum atomic E-state index is -4.28. The number of hydrogen-bond donors (Lipinski definition) is 4. The Balaban J connectivity index is 0.000000292. The molecule has 0 radical (unpaired) electrons. The summed E-state index contributed by atoms with van der Waals surface area (Å²) in [6.45, 7) is 1.33. The number of methoxy groups -OCH3 is 1. The number of carboxylic acids is 1. The van der Waals surface area contributed by atoms with Gasteiger partial charge in [-0.2, -0.15) is 13.2 Å². The monoisotopic (exact) mass is 419 g/mol. The van der Waals surface area contributed by atoms with Gasteiger partial charge in [-0.25, -0.2) is 4.79 Å². The summed E-state index contributed by atoms with van der Waals surface area (Å²) in [5.41, 5.74) is 2.27. The van der Waals surface area contributed by atoms with Gasteiger partial charge in [-0.05, 0) is 30.3 Å². The van der Waals surface area contributed by atoms with Crippen molar-refractivity contribution in [2.45, 2.75) is 13.1 Å². The average Bonchev–Trinajstić information content (AvgIpc) is 2.62. The largest absolute Gasteiger partial charge is 0.496 e. The molecule has 2 aromatic carbocycles. The molecule has 0 aliphatic rings. The smallest absolute Gasteiger partial charge is 0.416 e. The molecule has 0 heterocycles. The first-order valence-corrected chi connectivity index (χ1v) is 7.89. The first kappa shape index (κ1) is 23.1. The number of alkyl halides is 3. The van der Waals surface area contributed by atoms with Crippen molar-refractivity contribution in [2.75, 3.05) is 17.9 Å². The van der Waals surface area contributed by atoms with Crippen molar-refractivity contribution in [3.05, 3.63) is 52.5 Å². The molecule has 11 heteroatoms. The first-order valence-electron chi connectivity index (χ1n) is 7.51. The van der Waals surface area contributed by atoms with Gasteiger partial charge in [-0.15, -0.1) is 0 Å². The van der Waals surface area contributed by atoms with Gasteiger partial charge in [0.1, 0.15) is 11.3 Å². The predicted octanol–water partition coefficient (Wildman–Crippen LogP) is 4.00. The van der Waals surface area contributed by atoms with Gasteiger partial charge in [0.2, 0.25) is 5.91 Å². The van der Waals surface area contributed by atoms with Crippen LogP contribution in [0.2, 0.25) is 5.02 Å². The van der Waals surface area contributed by atoms with E-state index in [1.165, 1.54) is 38.3 Å². The molecule has 5 N–H and O–H groups in total. The number of rotatable bonds is 4. The molecule has 0 aliphatic carbocycles. The minimum absolute atomic E-state index is 0.0541. The molecule has 0 spiro atoms. The number of hydrazine groups is 1. The molecular formula is C17H17ClF3N3O4. The highest BCUT2D eigenvalue weighted by Gasteiger charge is 2.29. The van der Waals surface area contributed by atoms with Crippen LogP contribution in [0, 0.1) is 0 Å². The van der Waals surface area contributed by atoms with E-state index in [1.807, 2.05) is 0 Å². The van der Waals surface area contributed by atoms with Gasteiger partial charge in [0.25, 0.3) is 0 Å². The first-order chi connectivity index (χ1) is 13.0. The molecule has 0 aliphatic heterocycles. The van der Waals surface area contributed by atoms with Crippen molar-refractivity contribution in [3.63, 3.8) is 0 Å². The number of nitrogen functional groups attached to an aromatic ring is 1. The number of hydrogen-bond acceptors (Lipinski definition) is 5. The van der Waals surface area contributed by atoms with Crippen molar-refractivity contribution in [3.8, 4) is 5.75 Å². The number of ether oxygens (including phenoxy) is 1. The van der Waals surface area contributed by atoms with Crippen LogP contribution in [0.1, 0.15) is 22.8 Å². The number of anilines is 2. The van der Waals surface area contributed by atoms with E-state index in [0.29, 0.717) is 11.4 Å². The second-order valence-electron chi connectivity index (χ2n) is 5.24. The summed E-state index contributed by atoms with van der Waals surface area (Å²) in [5, 5.41) is 11.5. The molecule has 2 aromatic rings. The van der Waals surface area contributed by atoms with Crippen LogP contribution in [0.3, 0.4) is 0 Å². The number of carbonyl (C=O) groups excluding carboxylic acids is 1. The molecule has 0 bridgehead atoms. The highest BCUT2D eigenvalue weighted by Crippen LogP contribution is 2.31. The Morgan fingerprint density at radius 1 is 1.18 bits per heavy atom. The third-order valence-electron chi connectivity index (χ3n) is 3.21. The van der Waals surface area contributed by atoms with E-state index in [1.54, 1.807) is 0 Å². The van der Waals surface area contributed by atoms with E-state index < -0.39 is 17.7 Å². The third-order valence-corrected chi connectivity index (χ3v) is 3.52.